The van der Waals surface area contributed by atoms with Crippen LogP contribution in [-0.2, 0) is 4.79 Å². The van der Waals surface area contributed by atoms with Crippen molar-refractivity contribution in [2.75, 3.05) is 12.4 Å². The normalized spacial score (nSPS) is 11.1. The van der Waals surface area contributed by atoms with E-state index in [1.54, 1.807) is 38.3 Å². The maximum Gasteiger partial charge on any atom is 0.248 e. The van der Waals surface area contributed by atoms with E-state index in [9.17, 15) is 9.18 Å². The van der Waals surface area contributed by atoms with Crippen LogP contribution in [0.25, 0.3) is 11.8 Å². The first-order chi connectivity index (χ1) is 14.4. The van der Waals surface area contributed by atoms with Crippen LogP contribution in [0.3, 0.4) is 0 Å². The van der Waals surface area contributed by atoms with Gasteiger partial charge in [-0.1, -0.05) is 6.07 Å². The quantitative estimate of drug-likeness (QED) is 0.598. The van der Waals surface area contributed by atoms with Crippen molar-refractivity contribution in [3.05, 3.63) is 59.7 Å². The minimum atomic E-state index is -0.567. The van der Waals surface area contributed by atoms with E-state index >= 15 is 0 Å². The number of nitrogens with zero attached hydrogens (tertiary/aromatic N) is 4. The fourth-order valence-corrected chi connectivity index (χ4v) is 2.70. The summed E-state index contributed by atoms with van der Waals surface area (Å²) in [4.78, 5) is 12.3. The van der Waals surface area contributed by atoms with E-state index in [-0.39, 0.29) is 11.8 Å². The van der Waals surface area contributed by atoms with E-state index in [4.69, 9.17) is 9.47 Å². The van der Waals surface area contributed by atoms with Gasteiger partial charge in [-0.3, -0.25) is 4.79 Å². The molecule has 3 aromatic rings. The highest BCUT2D eigenvalue weighted by atomic mass is 19.1. The lowest BCUT2D eigenvalue weighted by Crippen LogP contribution is -2.10. The van der Waals surface area contributed by atoms with Crippen molar-refractivity contribution >= 4 is 17.7 Å². The zero-order chi connectivity index (χ0) is 21.7. The predicted molar refractivity (Wildman–Crippen MR) is 110 cm³/mol. The first-order valence-corrected chi connectivity index (χ1v) is 9.26. The Morgan fingerprint density at radius 3 is 2.67 bits per heavy atom. The lowest BCUT2D eigenvalue weighted by molar-refractivity contribution is -0.111. The van der Waals surface area contributed by atoms with Gasteiger partial charge in [-0.05, 0) is 73.2 Å². The number of aryl methyl sites for hydroxylation is 1. The van der Waals surface area contributed by atoms with E-state index in [0.717, 1.165) is 5.56 Å². The van der Waals surface area contributed by atoms with Crippen LogP contribution in [0.15, 0.2) is 42.5 Å². The van der Waals surface area contributed by atoms with Crippen LogP contribution in [0.2, 0.25) is 0 Å². The van der Waals surface area contributed by atoms with E-state index in [1.807, 2.05) is 13.8 Å². The third-order valence-corrected chi connectivity index (χ3v) is 4.06. The summed E-state index contributed by atoms with van der Waals surface area (Å²) in [5, 5.41) is 13.7. The van der Waals surface area contributed by atoms with Gasteiger partial charge in [-0.25, -0.2) is 4.39 Å². The summed E-state index contributed by atoms with van der Waals surface area (Å²) in [7, 11) is 1.55. The minimum Gasteiger partial charge on any atom is -0.493 e. The van der Waals surface area contributed by atoms with Gasteiger partial charge in [-0.2, -0.15) is 4.68 Å². The number of methoxy groups -OCH3 is 1. The second-order valence-corrected chi connectivity index (χ2v) is 6.70. The number of anilines is 1. The molecule has 1 amide bonds. The molecule has 1 N–H and O–H groups in total. The second kappa shape index (κ2) is 9.17. The second-order valence-electron chi connectivity index (χ2n) is 6.70. The van der Waals surface area contributed by atoms with Crippen LogP contribution in [-0.4, -0.2) is 39.3 Å². The van der Waals surface area contributed by atoms with Gasteiger partial charge in [0.25, 0.3) is 0 Å². The van der Waals surface area contributed by atoms with Crippen LogP contribution < -0.4 is 14.8 Å². The molecule has 0 saturated carbocycles. The predicted octanol–water partition coefficient (Wildman–Crippen LogP) is 3.56. The number of halogens is 1. The molecule has 1 heterocycles. The summed E-state index contributed by atoms with van der Waals surface area (Å²) in [6.45, 7) is 5.56. The van der Waals surface area contributed by atoms with Gasteiger partial charge >= 0.3 is 0 Å². The number of benzene rings is 2. The van der Waals surface area contributed by atoms with Crippen molar-refractivity contribution in [1.82, 2.24) is 20.2 Å². The molecule has 9 heteroatoms. The Kier molecular flexibility index (Phi) is 6.41. The van der Waals surface area contributed by atoms with Crippen molar-refractivity contribution in [2.45, 2.75) is 26.9 Å². The van der Waals surface area contributed by atoms with Crippen LogP contribution in [0, 0.1) is 12.7 Å². The van der Waals surface area contributed by atoms with Crippen molar-refractivity contribution in [3.8, 4) is 17.2 Å². The molecule has 156 valence electrons. The molecule has 1 aromatic heterocycles. The molecule has 0 aliphatic carbocycles. The number of rotatable bonds is 7. The maximum absolute atomic E-state index is 14.2. The lowest BCUT2D eigenvalue weighted by Gasteiger charge is -2.13. The van der Waals surface area contributed by atoms with Gasteiger partial charge in [0.2, 0.25) is 5.91 Å². The summed E-state index contributed by atoms with van der Waals surface area (Å²) in [6.07, 6.45) is 2.92. The highest BCUT2D eigenvalue weighted by molar-refractivity contribution is 6.02. The summed E-state index contributed by atoms with van der Waals surface area (Å²) in [5.41, 5.74) is 1.29. The standard InChI is InChI=1S/C21H22FN5O3/c1-13(2)30-19-9-5-15(11-20(19)29-4)6-10-21(28)23-18-12-16(7-8-17(18)22)27-14(3)24-25-26-27/h5-13H,1-4H3,(H,23,28)/b10-6+. The third kappa shape index (κ3) is 4.99. The number of amides is 1. The van der Waals surface area contributed by atoms with E-state index in [1.165, 1.54) is 29.0 Å². The van der Waals surface area contributed by atoms with Crippen molar-refractivity contribution < 1.29 is 18.7 Å². The number of nitrogens with one attached hydrogen (secondary N) is 1. The van der Waals surface area contributed by atoms with Crippen LogP contribution >= 0.6 is 0 Å². The van der Waals surface area contributed by atoms with Crippen molar-refractivity contribution in [3.63, 3.8) is 0 Å². The molecule has 0 spiro atoms. The first-order valence-electron chi connectivity index (χ1n) is 9.26. The highest BCUT2D eigenvalue weighted by Crippen LogP contribution is 2.29. The number of hydrogen-bond donors (Lipinski definition) is 1. The number of carbonyl (C=O) groups is 1. The molecule has 8 nitrogen and oxygen atoms in total. The molecular formula is C21H22FN5O3. The molecule has 0 aliphatic heterocycles. The minimum absolute atomic E-state index is 0.00817. The zero-order valence-electron chi connectivity index (χ0n) is 17.1. The molecule has 0 radical (unpaired) electrons. The van der Waals surface area contributed by atoms with E-state index < -0.39 is 11.7 Å². The summed E-state index contributed by atoms with van der Waals surface area (Å²) in [6, 6.07) is 9.56. The molecule has 2 aromatic carbocycles. The lowest BCUT2D eigenvalue weighted by atomic mass is 10.2. The van der Waals surface area contributed by atoms with Gasteiger partial charge in [-0.15, -0.1) is 5.10 Å². The first kappa shape index (κ1) is 21.0. The molecule has 0 bridgehead atoms. The monoisotopic (exact) mass is 411 g/mol. The number of tetrazole rings is 1. The van der Waals surface area contributed by atoms with Gasteiger partial charge < -0.3 is 14.8 Å². The number of carbonyl (C=O) groups excluding carboxylic acids is 1. The average Bonchev–Trinajstić information content (AvgIpc) is 3.14. The van der Waals surface area contributed by atoms with Gasteiger partial charge in [0.1, 0.15) is 5.82 Å². The average molecular weight is 411 g/mol. The molecule has 0 saturated heterocycles. The fraction of sp³-hybridized carbons (Fsp3) is 0.238. The third-order valence-electron chi connectivity index (χ3n) is 4.06. The molecule has 0 aliphatic rings. The summed E-state index contributed by atoms with van der Waals surface area (Å²) >= 11 is 0. The molecule has 30 heavy (non-hydrogen) atoms. The molecule has 0 atom stereocenters. The smallest absolute Gasteiger partial charge is 0.248 e. The maximum atomic E-state index is 14.2. The molecule has 0 fully saturated rings. The van der Waals surface area contributed by atoms with E-state index in [2.05, 4.69) is 20.8 Å². The van der Waals surface area contributed by atoms with Crippen LogP contribution in [0.4, 0.5) is 10.1 Å². The Balaban J connectivity index is 1.74. The van der Waals surface area contributed by atoms with Crippen LogP contribution in [0.1, 0.15) is 25.2 Å². The topological polar surface area (TPSA) is 91.2 Å². The fourth-order valence-electron chi connectivity index (χ4n) is 2.70. The Bertz CT molecular complexity index is 1080. The Hall–Kier alpha value is -3.75. The summed E-state index contributed by atoms with van der Waals surface area (Å²) in [5.74, 6) is 0.661. The van der Waals surface area contributed by atoms with Crippen molar-refractivity contribution in [2.24, 2.45) is 0 Å². The van der Waals surface area contributed by atoms with Crippen LogP contribution in [0.5, 0.6) is 11.5 Å². The van der Waals surface area contributed by atoms with Gasteiger partial charge in [0, 0.05) is 6.08 Å². The number of hydrogen-bond acceptors (Lipinski definition) is 6. The summed E-state index contributed by atoms with van der Waals surface area (Å²) < 4.78 is 26.6. The largest absolute Gasteiger partial charge is 0.493 e. The Labute approximate surface area is 173 Å². The molecular weight excluding hydrogens is 389 g/mol. The molecule has 0 unspecified atom stereocenters. The van der Waals surface area contributed by atoms with Gasteiger partial charge in [0.15, 0.2) is 17.3 Å². The highest BCUT2D eigenvalue weighted by Gasteiger charge is 2.10. The zero-order valence-corrected chi connectivity index (χ0v) is 17.1. The molecule has 3 rings (SSSR count). The Morgan fingerprint density at radius 1 is 1.20 bits per heavy atom. The van der Waals surface area contributed by atoms with E-state index in [0.29, 0.717) is 23.0 Å². The Morgan fingerprint density at radius 2 is 2.00 bits per heavy atom. The number of aromatic nitrogens is 4. The van der Waals surface area contributed by atoms with Crippen molar-refractivity contribution in [1.29, 1.82) is 0 Å². The SMILES string of the molecule is COc1cc(/C=C/C(=O)Nc2cc(-n3nnnc3C)ccc2F)ccc1OC(C)C. The van der Waals surface area contributed by atoms with Gasteiger partial charge in [0.05, 0.1) is 24.6 Å². The number of ether oxygens (including phenoxy) is 2.